The maximum absolute atomic E-state index is 10.5. The van der Waals surface area contributed by atoms with E-state index in [0.29, 0.717) is 12.5 Å². The van der Waals surface area contributed by atoms with Crippen LogP contribution in [-0.2, 0) is 6.54 Å². The molecule has 6 heteroatoms. The summed E-state index contributed by atoms with van der Waals surface area (Å²) in [6.07, 6.45) is 2.88. The largest absolute Gasteiger partial charge is 0.393 e. The Balaban J connectivity index is 1.76. The quantitative estimate of drug-likeness (QED) is 0.623. The molecule has 0 bridgehead atoms. The topological polar surface area (TPSA) is 75.4 Å². The molecule has 17 heavy (non-hydrogen) atoms. The minimum absolute atomic E-state index is 0.181. The van der Waals surface area contributed by atoms with Gasteiger partial charge in [-0.25, -0.2) is 0 Å². The first kappa shape index (κ1) is 12.5. The first-order valence-electron chi connectivity index (χ1n) is 5.77. The normalized spacial score (nSPS) is 24.1. The van der Waals surface area contributed by atoms with E-state index in [1.165, 1.54) is 0 Å². The summed E-state index contributed by atoms with van der Waals surface area (Å²) in [5.41, 5.74) is 0.939. The molecule has 1 heterocycles. The molecule has 0 amide bonds. The first-order chi connectivity index (χ1) is 8.16. The van der Waals surface area contributed by atoms with Gasteiger partial charge in [-0.2, -0.15) is 0 Å². The number of nitrogens with zero attached hydrogens (tertiary/aromatic N) is 1. The zero-order chi connectivity index (χ0) is 12.3. The number of rotatable bonds is 5. The smallest absolute Gasteiger partial charge is 0.324 e. The molecule has 1 aliphatic rings. The minimum atomic E-state index is -0.366. The predicted molar refractivity (Wildman–Crippen MR) is 66.0 cm³/mol. The molecular formula is C11H16N2O3S. The summed E-state index contributed by atoms with van der Waals surface area (Å²) in [5.74, 6) is 0.337. The zero-order valence-corrected chi connectivity index (χ0v) is 10.3. The average molecular weight is 256 g/mol. The number of nitro groups is 1. The summed E-state index contributed by atoms with van der Waals surface area (Å²) >= 11 is 1.15. The van der Waals surface area contributed by atoms with E-state index in [0.717, 1.165) is 42.7 Å². The molecule has 1 saturated carbocycles. The van der Waals surface area contributed by atoms with Gasteiger partial charge >= 0.3 is 5.00 Å². The predicted octanol–water partition coefficient (Wildman–Crippen LogP) is 1.91. The highest BCUT2D eigenvalue weighted by atomic mass is 32.1. The molecule has 1 aliphatic carbocycles. The SMILES string of the molecule is O=[N+]([O-])c1cc(CNCC2CCCC2O)cs1. The number of hydrogen-bond donors (Lipinski definition) is 2. The second-order valence-corrected chi connectivity index (χ2v) is 5.33. The van der Waals surface area contributed by atoms with E-state index in [1.54, 1.807) is 11.4 Å². The molecule has 1 fully saturated rings. The van der Waals surface area contributed by atoms with Crippen molar-refractivity contribution in [3.63, 3.8) is 0 Å². The van der Waals surface area contributed by atoms with Crippen LogP contribution < -0.4 is 5.32 Å². The third-order valence-corrected chi connectivity index (χ3v) is 4.10. The number of thiophene rings is 1. The van der Waals surface area contributed by atoms with Gasteiger partial charge in [-0.3, -0.25) is 10.1 Å². The van der Waals surface area contributed by atoms with Crippen LogP contribution in [0, 0.1) is 16.0 Å². The van der Waals surface area contributed by atoms with E-state index in [9.17, 15) is 15.2 Å². The van der Waals surface area contributed by atoms with Crippen molar-refractivity contribution in [1.29, 1.82) is 0 Å². The summed E-state index contributed by atoms with van der Waals surface area (Å²) in [5, 5.41) is 25.4. The Hall–Kier alpha value is -0.980. The molecule has 2 rings (SSSR count). The summed E-state index contributed by atoms with van der Waals surface area (Å²) < 4.78 is 0. The van der Waals surface area contributed by atoms with Crippen LogP contribution in [0.1, 0.15) is 24.8 Å². The standard InChI is InChI=1S/C11H16N2O3S/c14-10-3-1-2-9(10)6-12-5-8-4-11(13(15)16)17-7-8/h4,7,9-10,12,14H,1-3,5-6H2. The monoisotopic (exact) mass is 256 g/mol. The van der Waals surface area contributed by atoms with Crippen LogP contribution in [0.25, 0.3) is 0 Å². The molecule has 94 valence electrons. The van der Waals surface area contributed by atoms with Crippen molar-refractivity contribution >= 4 is 16.3 Å². The zero-order valence-electron chi connectivity index (χ0n) is 9.46. The minimum Gasteiger partial charge on any atom is -0.393 e. The summed E-state index contributed by atoms with van der Waals surface area (Å²) in [7, 11) is 0. The van der Waals surface area contributed by atoms with E-state index in [1.807, 2.05) is 0 Å². The van der Waals surface area contributed by atoms with Crippen molar-refractivity contribution in [1.82, 2.24) is 5.32 Å². The summed E-state index contributed by atoms with van der Waals surface area (Å²) in [6, 6.07) is 1.60. The van der Waals surface area contributed by atoms with Gasteiger partial charge in [0.25, 0.3) is 0 Å². The Morgan fingerprint density at radius 2 is 2.41 bits per heavy atom. The average Bonchev–Trinajstić information content (AvgIpc) is 2.89. The van der Waals surface area contributed by atoms with Gasteiger partial charge in [-0.15, -0.1) is 0 Å². The van der Waals surface area contributed by atoms with Crippen LogP contribution in [0.3, 0.4) is 0 Å². The molecule has 0 saturated heterocycles. The van der Waals surface area contributed by atoms with Crippen molar-refractivity contribution < 1.29 is 10.0 Å². The van der Waals surface area contributed by atoms with Crippen LogP contribution in [0.5, 0.6) is 0 Å². The van der Waals surface area contributed by atoms with Crippen LogP contribution in [0.2, 0.25) is 0 Å². The van der Waals surface area contributed by atoms with Gasteiger partial charge < -0.3 is 10.4 Å². The lowest BCUT2D eigenvalue weighted by atomic mass is 10.1. The number of nitrogens with one attached hydrogen (secondary N) is 1. The van der Waals surface area contributed by atoms with E-state index in [-0.39, 0.29) is 16.0 Å². The van der Waals surface area contributed by atoms with Crippen molar-refractivity contribution in [2.75, 3.05) is 6.54 Å². The Bertz CT molecular complexity index is 394. The summed E-state index contributed by atoms with van der Waals surface area (Å²) in [4.78, 5) is 10.1. The first-order valence-corrected chi connectivity index (χ1v) is 6.65. The highest BCUT2D eigenvalue weighted by molar-refractivity contribution is 7.13. The molecule has 0 spiro atoms. The van der Waals surface area contributed by atoms with Crippen molar-refractivity contribution in [3.8, 4) is 0 Å². The Morgan fingerprint density at radius 1 is 1.59 bits per heavy atom. The van der Waals surface area contributed by atoms with Crippen molar-refractivity contribution in [3.05, 3.63) is 27.1 Å². The number of hydrogen-bond acceptors (Lipinski definition) is 5. The lowest BCUT2D eigenvalue weighted by Gasteiger charge is -2.14. The third kappa shape index (κ3) is 3.24. The van der Waals surface area contributed by atoms with E-state index in [2.05, 4.69) is 5.32 Å². The Kier molecular flexibility index (Phi) is 4.09. The highest BCUT2D eigenvalue weighted by Crippen LogP contribution is 2.25. The van der Waals surface area contributed by atoms with Crippen LogP contribution in [-0.4, -0.2) is 22.7 Å². The van der Waals surface area contributed by atoms with Crippen molar-refractivity contribution in [2.24, 2.45) is 5.92 Å². The molecule has 5 nitrogen and oxygen atoms in total. The molecular weight excluding hydrogens is 240 g/mol. The highest BCUT2D eigenvalue weighted by Gasteiger charge is 2.24. The Morgan fingerprint density at radius 3 is 3.00 bits per heavy atom. The van der Waals surface area contributed by atoms with E-state index >= 15 is 0 Å². The maximum Gasteiger partial charge on any atom is 0.324 e. The van der Waals surface area contributed by atoms with Crippen LogP contribution >= 0.6 is 11.3 Å². The fourth-order valence-electron chi connectivity index (χ4n) is 2.21. The molecule has 2 atom stereocenters. The Labute approximate surface area is 104 Å². The van der Waals surface area contributed by atoms with Gasteiger partial charge in [0, 0.05) is 24.5 Å². The molecule has 1 aromatic rings. The van der Waals surface area contributed by atoms with Gasteiger partial charge in [-0.05, 0) is 24.3 Å². The second kappa shape index (κ2) is 5.57. The molecule has 0 aliphatic heterocycles. The molecule has 0 aromatic carbocycles. The van der Waals surface area contributed by atoms with Gasteiger partial charge in [-0.1, -0.05) is 17.8 Å². The van der Waals surface area contributed by atoms with E-state index in [4.69, 9.17) is 0 Å². The van der Waals surface area contributed by atoms with Gasteiger partial charge in [0.2, 0.25) is 0 Å². The van der Waals surface area contributed by atoms with Gasteiger partial charge in [0.05, 0.1) is 11.0 Å². The fraction of sp³-hybridized carbons (Fsp3) is 0.636. The van der Waals surface area contributed by atoms with E-state index < -0.39 is 0 Å². The molecule has 2 unspecified atom stereocenters. The molecule has 0 radical (unpaired) electrons. The number of aliphatic hydroxyl groups excluding tert-OH is 1. The maximum atomic E-state index is 10.5. The molecule has 2 N–H and O–H groups in total. The van der Waals surface area contributed by atoms with Crippen LogP contribution in [0.4, 0.5) is 5.00 Å². The van der Waals surface area contributed by atoms with Gasteiger partial charge in [0.15, 0.2) is 0 Å². The van der Waals surface area contributed by atoms with Gasteiger partial charge in [0.1, 0.15) is 0 Å². The lowest BCUT2D eigenvalue weighted by molar-refractivity contribution is -0.380. The molecule has 1 aromatic heterocycles. The van der Waals surface area contributed by atoms with Crippen LogP contribution in [0.15, 0.2) is 11.4 Å². The third-order valence-electron chi connectivity index (χ3n) is 3.17. The summed E-state index contributed by atoms with van der Waals surface area (Å²) in [6.45, 7) is 1.42. The second-order valence-electron chi connectivity index (χ2n) is 4.44. The number of aliphatic hydroxyl groups is 1. The fourth-order valence-corrected chi connectivity index (χ4v) is 2.94. The van der Waals surface area contributed by atoms with Crippen molar-refractivity contribution in [2.45, 2.75) is 31.9 Å². The lowest BCUT2D eigenvalue weighted by Crippen LogP contribution is -2.27.